The van der Waals surface area contributed by atoms with Gasteiger partial charge in [-0.05, 0) is 103 Å². The van der Waals surface area contributed by atoms with Gasteiger partial charge in [-0.1, -0.05) is 0 Å². The first-order valence-electron chi connectivity index (χ1n) is 19.4. The molecule has 2 aromatic rings. The van der Waals surface area contributed by atoms with Gasteiger partial charge >= 0.3 is 12.2 Å². The van der Waals surface area contributed by atoms with Gasteiger partial charge in [-0.3, -0.25) is 34.4 Å². The maximum atomic E-state index is 13.6. The molecule has 2 aromatic heterocycles. The highest BCUT2D eigenvalue weighted by Gasteiger charge is 2.54. The van der Waals surface area contributed by atoms with Crippen LogP contribution in [0.15, 0.2) is 35.5 Å². The number of alkyl halides is 3. The third kappa shape index (κ3) is 9.92. The van der Waals surface area contributed by atoms with Gasteiger partial charge in [-0.15, -0.1) is 12.4 Å². The van der Waals surface area contributed by atoms with Crippen molar-refractivity contribution >= 4 is 59.7 Å². The Bertz CT molecular complexity index is 1910. The summed E-state index contributed by atoms with van der Waals surface area (Å²) in [7, 11) is 0. The molecule has 6 amide bonds. The number of piperazine rings is 1. The summed E-state index contributed by atoms with van der Waals surface area (Å²) in [6, 6.07) is 5.18. The van der Waals surface area contributed by atoms with E-state index >= 15 is 0 Å². The zero-order valence-electron chi connectivity index (χ0n) is 32.9. The average Bonchev–Trinajstić information content (AvgIpc) is 3.32. The van der Waals surface area contributed by atoms with Crippen LogP contribution < -0.4 is 10.6 Å². The van der Waals surface area contributed by atoms with Gasteiger partial charge in [-0.2, -0.15) is 22.7 Å². The topological polar surface area (TPSA) is 172 Å². The van der Waals surface area contributed by atoms with Gasteiger partial charge in [0.2, 0.25) is 17.7 Å². The Morgan fingerprint density at radius 1 is 1.03 bits per heavy atom. The number of nitriles is 1. The smallest absolute Gasteiger partial charge is 0.324 e. The predicted molar refractivity (Wildman–Crippen MR) is 210 cm³/mol. The summed E-state index contributed by atoms with van der Waals surface area (Å²) in [6.45, 7) is 10.4. The maximum Gasteiger partial charge on any atom is 0.419 e. The normalized spacial score (nSPS) is 25.6. The molecule has 19 heteroatoms. The molecule has 0 aromatic carbocycles. The van der Waals surface area contributed by atoms with E-state index in [9.17, 15) is 37.1 Å². The highest BCUT2D eigenvalue weighted by atomic mass is 35.5. The van der Waals surface area contributed by atoms with Crippen LogP contribution in [0.4, 0.5) is 23.7 Å². The van der Waals surface area contributed by atoms with Crippen molar-refractivity contribution in [3.63, 3.8) is 0 Å². The molecular formula is C39H49ClF3N9O5S. The Morgan fingerprint density at radius 3 is 2.33 bits per heavy atom. The van der Waals surface area contributed by atoms with Crippen molar-refractivity contribution in [2.75, 3.05) is 31.5 Å². The molecule has 5 heterocycles. The van der Waals surface area contributed by atoms with Gasteiger partial charge in [0.05, 0.1) is 35.6 Å². The number of pyridine rings is 2. The van der Waals surface area contributed by atoms with Crippen molar-refractivity contribution < 1.29 is 37.1 Å². The molecule has 58 heavy (non-hydrogen) atoms. The molecule has 1 aliphatic carbocycles. The van der Waals surface area contributed by atoms with Gasteiger partial charge in [-0.25, -0.2) is 9.78 Å². The average molecular weight is 848 g/mol. The number of hydrogen-bond acceptors (Lipinski definition) is 11. The maximum absolute atomic E-state index is 13.6. The lowest BCUT2D eigenvalue weighted by molar-refractivity contribution is -0.138. The van der Waals surface area contributed by atoms with E-state index in [1.54, 1.807) is 30.9 Å². The summed E-state index contributed by atoms with van der Waals surface area (Å²) in [6.07, 6.45) is 3.72. The standard InChI is InChI=1S/C39H48F3N9O5S.ClH/c1-23-20-48(21-24(2)49(23)22-34(53)46-26-9-13-31(44-18-26)29-12-14-33(52)47-35(29)54)15-5-6-25-7-10-27(11-8-25)50-37(56)51(36(55)38(50,3)4)57-28-16-30(39(40,41)42)32(17-43)45-19-28;/h9,13,16,18-19,23-25,27,29H,5-8,10-12,14-15,20-22H2,1-4H3,(H,46,53)(H,47,52,54);1H/t23-,24+,25?,27?,29?;. The summed E-state index contributed by atoms with van der Waals surface area (Å²) in [5.41, 5.74) is -2.07. The number of amides is 6. The van der Waals surface area contributed by atoms with E-state index in [0.29, 0.717) is 35.7 Å². The fourth-order valence-electron chi connectivity index (χ4n) is 8.66. The molecule has 14 nitrogen and oxygen atoms in total. The number of carbonyl (C=O) groups is 5. The molecule has 3 saturated heterocycles. The lowest BCUT2D eigenvalue weighted by Gasteiger charge is -2.44. The second-order valence-corrected chi connectivity index (χ2v) is 17.1. The number of rotatable bonds is 11. The van der Waals surface area contributed by atoms with Crippen LogP contribution >= 0.6 is 24.4 Å². The molecule has 2 N–H and O–H groups in total. The summed E-state index contributed by atoms with van der Waals surface area (Å²) in [4.78, 5) is 77.8. The lowest BCUT2D eigenvalue weighted by Crippen LogP contribution is -2.58. The molecule has 3 aliphatic heterocycles. The molecule has 1 unspecified atom stereocenters. The minimum absolute atomic E-state index is 0. The van der Waals surface area contributed by atoms with E-state index in [0.717, 1.165) is 74.7 Å². The van der Waals surface area contributed by atoms with Crippen LogP contribution in [0.3, 0.4) is 0 Å². The SMILES string of the molecule is C[C@@H]1CN(CCCC2CCC(N3C(=O)N(Sc4cnc(C#N)c(C(F)(F)F)c4)C(=O)C3(C)C)CC2)C[C@H](C)N1CC(=O)Nc1ccc(C2CCC(=O)NC2=O)nc1.Cl. The number of carbonyl (C=O) groups excluding carboxylic acids is 5. The van der Waals surface area contributed by atoms with Crippen LogP contribution in [0.2, 0.25) is 0 Å². The third-order valence-electron chi connectivity index (χ3n) is 11.6. The zero-order chi connectivity index (χ0) is 41.2. The first kappa shape index (κ1) is 44.8. The fraction of sp³-hybridized carbons (Fsp3) is 0.590. The van der Waals surface area contributed by atoms with Crippen LogP contribution in [0, 0.1) is 17.2 Å². The minimum atomic E-state index is -4.82. The third-order valence-corrected chi connectivity index (χ3v) is 12.5. The van der Waals surface area contributed by atoms with Gasteiger partial charge in [0, 0.05) is 60.7 Å². The Labute approximate surface area is 346 Å². The molecule has 4 fully saturated rings. The van der Waals surface area contributed by atoms with Crippen LogP contribution in [-0.4, -0.2) is 108 Å². The predicted octanol–water partition coefficient (Wildman–Crippen LogP) is 5.73. The summed E-state index contributed by atoms with van der Waals surface area (Å²) < 4.78 is 41.5. The minimum Gasteiger partial charge on any atom is -0.324 e. The van der Waals surface area contributed by atoms with E-state index < -0.39 is 40.8 Å². The number of nitrogens with one attached hydrogen (secondary N) is 2. The second-order valence-electron chi connectivity index (χ2n) is 16.0. The molecular weight excluding hydrogens is 799 g/mol. The molecule has 0 spiro atoms. The summed E-state index contributed by atoms with van der Waals surface area (Å²) >= 11 is 0.593. The van der Waals surface area contributed by atoms with Crippen LogP contribution in [0.1, 0.15) is 102 Å². The monoisotopic (exact) mass is 847 g/mol. The van der Waals surface area contributed by atoms with Crippen LogP contribution in [-0.2, 0) is 25.4 Å². The summed E-state index contributed by atoms with van der Waals surface area (Å²) in [5.74, 6) is -1.31. The highest BCUT2D eigenvalue weighted by molar-refractivity contribution is 7.98. The van der Waals surface area contributed by atoms with Crippen molar-refractivity contribution in [1.82, 2.24) is 34.3 Å². The van der Waals surface area contributed by atoms with Crippen molar-refractivity contribution in [1.29, 1.82) is 5.26 Å². The number of imide groups is 2. The van der Waals surface area contributed by atoms with Crippen LogP contribution in [0.25, 0.3) is 0 Å². The molecule has 3 atom stereocenters. The number of nitrogens with zero attached hydrogens (tertiary/aromatic N) is 7. The molecule has 1 saturated carbocycles. The Morgan fingerprint density at radius 2 is 1.72 bits per heavy atom. The lowest BCUT2D eigenvalue weighted by atomic mass is 9.81. The Balaban J connectivity index is 0.00000641. The van der Waals surface area contributed by atoms with E-state index in [1.165, 1.54) is 12.3 Å². The highest BCUT2D eigenvalue weighted by Crippen LogP contribution is 2.42. The zero-order valence-corrected chi connectivity index (χ0v) is 34.5. The molecule has 0 radical (unpaired) electrons. The second kappa shape index (κ2) is 18.3. The first-order chi connectivity index (χ1) is 27.0. The van der Waals surface area contributed by atoms with E-state index in [2.05, 4.69) is 44.2 Å². The number of hydrogen-bond donors (Lipinski definition) is 2. The van der Waals surface area contributed by atoms with Crippen molar-refractivity contribution in [2.24, 2.45) is 5.92 Å². The first-order valence-corrected chi connectivity index (χ1v) is 20.1. The quantitative estimate of drug-likeness (QED) is 0.161. The van der Waals surface area contributed by atoms with E-state index in [1.807, 2.05) is 0 Å². The van der Waals surface area contributed by atoms with Crippen molar-refractivity contribution in [3.8, 4) is 6.07 Å². The Hall–Kier alpha value is -4.31. The Kier molecular flexibility index (Phi) is 14.1. The number of aromatic nitrogens is 2. The number of anilines is 1. The number of urea groups is 1. The molecule has 314 valence electrons. The largest absolute Gasteiger partial charge is 0.419 e. The van der Waals surface area contributed by atoms with E-state index in [-0.39, 0.29) is 66.1 Å². The molecule has 6 rings (SSSR count). The van der Waals surface area contributed by atoms with E-state index in [4.69, 9.17) is 5.26 Å². The number of piperidine rings is 1. The van der Waals surface area contributed by atoms with Crippen molar-refractivity contribution in [2.45, 2.75) is 120 Å². The summed E-state index contributed by atoms with van der Waals surface area (Å²) in [5, 5.41) is 14.3. The fourth-order valence-corrected chi connectivity index (χ4v) is 9.61. The number of halogens is 4. The van der Waals surface area contributed by atoms with Gasteiger partial charge in [0.15, 0.2) is 5.69 Å². The molecule has 4 aliphatic rings. The van der Waals surface area contributed by atoms with Crippen molar-refractivity contribution in [3.05, 3.63) is 47.5 Å². The van der Waals surface area contributed by atoms with Gasteiger partial charge in [0.1, 0.15) is 11.6 Å². The molecule has 0 bridgehead atoms. The van der Waals surface area contributed by atoms with Gasteiger partial charge < -0.3 is 15.1 Å². The van der Waals surface area contributed by atoms with Crippen LogP contribution in [0.5, 0.6) is 0 Å². The van der Waals surface area contributed by atoms with Gasteiger partial charge in [0.25, 0.3) is 5.91 Å².